The molecule has 0 amide bonds. The third-order valence-electron chi connectivity index (χ3n) is 3.08. The molecule has 0 radical (unpaired) electrons. The third kappa shape index (κ3) is 1.97. The Bertz CT molecular complexity index is 809. The van der Waals surface area contributed by atoms with Gasteiger partial charge in [-0.3, -0.25) is 0 Å². The van der Waals surface area contributed by atoms with Gasteiger partial charge in [-0.15, -0.1) is 0 Å². The summed E-state index contributed by atoms with van der Waals surface area (Å²) in [5.41, 5.74) is 3.28. The van der Waals surface area contributed by atoms with Gasteiger partial charge in [0.05, 0.1) is 17.9 Å². The zero-order valence-electron chi connectivity index (χ0n) is 11.0. The van der Waals surface area contributed by atoms with Crippen molar-refractivity contribution in [3.8, 4) is 29.1 Å². The second kappa shape index (κ2) is 4.67. The third-order valence-corrected chi connectivity index (χ3v) is 3.08. The van der Waals surface area contributed by atoms with Gasteiger partial charge in [0.2, 0.25) is 5.82 Å². The molecule has 3 rings (SSSR count). The van der Waals surface area contributed by atoms with E-state index in [0.29, 0.717) is 23.0 Å². The minimum absolute atomic E-state index is 0.415. The van der Waals surface area contributed by atoms with E-state index in [1.165, 1.54) is 0 Å². The molecular weight excluding hydrogens is 254 g/mol. The lowest BCUT2D eigenvalue weighted by Crippen LogP contribution is -1.86. The van der Waals surface area contributed by atoms with E-state index >= 15 is 0 Å². The fraction of sp³-hybridized carbons (Fsp3) is 0.133. The van der Waals surface area contributed by atoms with Crippen LogP contribution in [0.3, 0.4) is 0 Å². The van der Waals surface area contributed by atoms with Crippen LogP contribution in [-0.2, 0) is 0 Å². The van der Waals surface area contributed by atoms with Crippen molar-refractivity contribution >= 4 is 0 Å². The number of hydrogen-bond donors (Lipinski definition) is 0. The summed E-state index contributed by atoms with van der Waals surface area (Å²) in [6.45, 7) is 3.82. The Kier molecular flexibility index (Phi) is 2.84. The number of nitriles is 1. The molecule has 0 spiro atoms. The summed E-state index contributed by atoms with van der Waals surface area (Å²) in [6, 6.07) is 9.27. The van der Waals surface area contributed by atoms with Crippen LogP contribution in [-0.4, -0.2) is 10.1 Å². The normalized spacial score (nSPS) is 10.4. The van der Waals surface area contributed by atoms with Gasteiger partial charge in [-0.25, -0.2) is 0 Å². The maximum atomic E-state index is 8.87. The van der Waals surface area contributed by atoms with Gasteiger partial charge < -0.3 is 8.94 Å². The van der Waals surface area contributed by atoms with E-state index in [2.05, 4.69) is 16.2 Å². The van der Waals surface area contributed by atoms with E-state index in [9.17, 15) is 0 Å². The lowest BCUT2D eigenvalue weighted by atomic mass is 10.1. The van der Waals surface area contributed by atoms with E-state index in [0.717, 1.165) is 16.7 Å². The van der Waals surface area contributed by atoms with Gasteiger partial charge in [0.25, 0.3) is 5.89 Å². The van der Waals surface area contributed by atoms with Crippen LogP contribution in [0.4, 0.5) is 0 Å². The predicted octanol–water partition coefficient (Wildman–Crippen LogP) is 3.49. The monoisotopic (exact) mass is 265 g/mol. The number of hydrogen-bond acceptors (Lipinski definition) is 5. The first-order valence-electron chi connectivity index (χ1n) is 6.08. The van der Waals surface area contributed by atoms with Crippen LogP contribution in [0.1, 0.15) is 16.7 Å². The quantitative estimate of drug-likeness (QED) is 0.709. The summed E-state index contributed by atoms with van der Waals surface area (Å²) in [5, 5.41) is 12.8. The van der Waals surface area contributed by atoms with Crippen molar-refractivity contribution in [1.29, 1.82) is 5.26 Å². The predicted molar refractivity (Wildman–Crippen MR) is 71.6 cm³/mol. The molecule has 20 heavy (non-hydrogen) atoms. The topological polar surface area (TPSA) is 75.8 Å². The minimum atomic E-state index is 0.415. The van der Waals surface area contributed by atoms with Crippen LogP contribution in [0.15, 0.2) is 39.5 Å². The molecule has 5 heteroatoms. The number of rotatable bonds is 2. The van der Waals surface area contributed by atoms with E-state index < -0.39 is 0 Å². The second-order valence-electron chi connectivity index (χ2n) is 4.50. The van der Waals surface area contributed by atoms with Gasteiger partial charge >= 0.3 is 0 Å². The molecule has 1 aromatic carbocycles. The first-order valence-corrected chi connectivity index (χ1v) is 6.08. The lowest BCUT2D eigenvalue weighted by Gasteiger charge is -1.99. The van der Waals surface area contributed by atoms with Crippen molar-refractivity contribution in [3.63, 3.8) is 0 Å². The molecule has 98 valence electrons. The Labute approximate surface area is 115 Å². The molecule has 0 aliphatic heterocycles. The van der Waals surface area contributed by atoms with Crippen molar-refractivity contribution in [2.45, 2.75) is 13.8 Å². The Balaban J connectivity index is 2.03. The molecule has 0 unspecified atom stereocenters. The summed E-state index contributed by atoms with van der Waals surface area (Å²) in [6.07, 6.45) is 1.59. The average Bonchev–Trinajstić information content (AvgIpc) is 3.07. The van der Waals surface area contributed by atoms with Crippen molar-refractivity contribution in [2.24, 2.45) is 0 Å². The highest BCUT2D eigenvalue weighted by Crippen LogP contribution is 2.27. The fourth-order valence-corrected chi connectivity index (χ4v) is 2.00. The van der Waals surface area contributed by atoms with Crippen LogP contribution >= 0.6 is 0 Å². The van der Waals surface area contributed by atoms with E-state index in [1.807, 2.05) is 19.9 Å². The molecule has 0 N–H and O–H groups in total. The molecular formula is C15H11N3O2. The Hall–Kier alpha value is -2.87. The van der Waals surface area contributed by atoms with Crippen molar-refractivity contribution < 1.29 is 8.94 Å². The maximum Gasteiger partial charge on any atom is 0.258 e. The van der Waals surface area contributed by atoms with Crippen LogP contribution in [0.2, 0.25) is 0 Å². The van der Waals surface area contributed by atoms with Gasteiger partial charge in [-0.05, 0) is 49.2 Å². The highest BCUT2D eigenvalue weighted by atomic mass is 16.5. The van der Waals surface area contributed by atoms with E-state index in [-0.39, 0.29) is 0 Å². The molecule has 2 aromatic heterocycles. The van der Waals surface area contributed by atoms with Gasteiger partial charge in [0.15, 0.2) is 5.76 Å². The SMILES string of the molecule is Cc1cc(C#N)ccc1-c1nc(-c2occc2C)no1. The number of furan rings is 1. The standard InChI is InChI=1S/C15H11N3O2/c1-9-5-6-19-13(9)14-17-15(20-18-14)12-4-3-11(8-16)7-10(12)2/h3-7H,1-2H3. The summed E-state index contributed by atoms with van der Waals surface area (Å²) in [4.78, 5) is 4.35. The number of benzene rings is 1. The van der Waals surface area contributed by atoms with Crippen LogP contribution < -0.4 is 0 Å². The fourth-order valence-electron chi connectivity index (χ4n) is 2.00. The molecule has 0 bridgehead atoms. The van der Waals surface area contributed by atoms with E-state index in [1.54, 1.807) is 24.5 Å². The van der Waals surface area contributed by atoms with Gasteiger partial charge in [-0.2, -0.15) is 10.2 Å². The van der Waals surface area contributed by atoms with Gasteiger partial charge in [0, 0.05) is 5.56 Å². The maximum absolute atomic E-state index is 8.87. The van der Waals surface area contributed by atoms with Crippen LogP contribution in [0.5, 0.6) is 0 Å². The second-order valence-corrected chi connectivity index (χ2v) is 4.50. The molecule has 0 saturated carbocycles. The van der Waals surface area contributed by atoms with Crippen LogP contribution in [0.25, 0.3) is 23.0 Å². The smallest absolute Gasteiger partial charge is 0.258 e. The summed E-state index contributed by atoms with van der Waals surface area (Å²) in [7, 11) is 0. The largest absolute Gasteiger partial charge is 0.461 e. The molecule has 0 atom stereocenters. The highest BCUT2D eigenvalue weighted by Gasteiger charge is 2.16. The number of aryl methyl sites for hydroxylation is 2. The molecule has 3 aromatic rings. The first kappa shape index (κ1) is 12.2. The zero-order valence-corrected chi connectivity index (χ0v) is 11.0. The van der Waals surface area contributed by atoms with Crippen molar-refractivity contribution in [1.82, 2.24) is 10.1 Å². The summed E-state index contributed by atoms with van der Waals surface area (Å²) >= 11 is 0. The Morgan fingerprint density at radius 1 is 1.15 bits per heavy atom. The minimum Gasteiger partial charge on any atom is -0.461 e. The van der Waals surface area contributed by atoms with Gasteiger partial charge in [-0.1, -0.05) is 5.16 Å². The molecule has 0 aliphatic rings. The van der Waals surface area contributed by atoms with Crippen LogP contribution in [0, 0.1) is 25.2 Å². The lowest BCUT2D eigenvalue weighted by molar-refractivity contribution is 0.429. The first-order chi connectivity index (χ1) is 9.69. The number of aromatic nitrogens is 2. The number of nitrogens with zero attached hydrogens (tertiary/aromatic N) is 3. The molecule has 0 fully saturated rings. The van der Waals surface area contributed by atoms with Crippen molar-refractivity contribution in [3.05, 3.63) is 47.2 Å². The summed E-state index contributed by atoms with van der Waals surface area (Å²) in [5.74, 6) is 1.44. The molecule has 0 aliphatic carbocycles. The Morgan fingerprint density at radius 2 is 2.00 bits per heavy atom. The van der Waals surface area contributed by atoms with Crippen molar-refractivity contribution in [2.75, 3.05) is 0 Å². The molecule has 5 nitrogen and oxygen atoms in total. The summed E-state index contributed by atoms with van der Waals surface area (Å²) < 4.78 is 10.6. The molecule has 0 saturated heterocycles. The average molecular weight is 265 g/mol. The highest BCUT2D eigenvalue weighted by molar-refractivity contribution is 5.62. The Morgan fingerprint density at radius 3 is 2.65 bits per heavy atom. The van der Waals surface area contributed by atoms with E-state index in [4.69, 9.17) is 14.2 Å². The molecule has 2 heterocycles. The zero-order chi connectivity index (χ0) is 14.1. The van der Waals surface area contributed by atoms with Gasteiger partial charge in [0.1, 0.15) is 0 Å².